The molecular formula is C35H37N3O2. The van der Waals surface area contributed by atoms with Crippen LogP contribution in [0.5, 0.6) is 5.75 Å². The molecule has 0 radical (unpaired) electrons. The fourth-order valence-corrected chi connectivity index (χ4v) is 4.71. The highest BCUT2D eigenvalue weighted by Crippen LogP contribution is 2.33. The maximum Gasteiger partial charge on any atom is 0.226 e. The summed E-state index contributed by atoms with van der Waals surface area (Å²) < 4.78 is 5.39. The first-order valence-electron chi connectivity index (χ1n) is 13.9. The number of amides is 1. The number of methoxy groups -OCH3 is 1. The summed E-state index contributed by atoms with van der Waals surface area (Å²) in [6, 6.07) is 24.0. The number of hydrogen-bond donors (Lipinski definition) is 1. The van der Waals surface area contributed by atoms with Crippen LogP contribution in [0.1, 0.15) is 49.6 Å². The molecule has 0 aliphatic heterocycles. The molecule has 5 nitrogen and oxygen atoms in total. The van der Waals surface area contributed by atoms with Crippen LogP contribution >= 0.6 is 0 Å². The molecule has 4 aromatic rings. The van der Waals surface area contributed by atoms with Crippen molar-refractivity contribution in [2.75, 3.05) is 12.4 Å². The Hall–Kier alpha value is -4.51. The van der Waals surface area contributed by atoms with Crippen LogP contribution < -0.4 is 10.1 Å². The van der Waals surface area contributed by atoms with Gasteiger partial charge in [-0.25, -0.2) is 9.97 Å². The summed E-state index contributed by atoms with van der Waals surface area (Å²) in [5.41, 5.74) is 7.56. The molecule has 0 saturated carbocycles. The van der Waals surface area contributed by atoms with Gasteiger partial charge in [0, 0.05) is 23.5 Å². The molecule has 1 amide bonds. The van der Waals surface area contributed by atoms with Crippen LogP contribution in [0.15, 0.2) is 84.9 Å². The summed E-state index contributed by atoms with van der Waals surface area (Å²) >= 11 is 0. The Kier molecular flexibility index (Phi) is 9.63. The minimum Gasteiger partial charge on any atom is -0.497 e. The van der Waals surface area contributed by atoms with Gasteiger partial charge >= 0.3 is 0 Å². The van der Waals surface area contributed by atoms with E-state index in [-0.39, 0.29) is 11.8 Å². The predicted octanol–water partition coefficient (Wildman–Crippen LogP) is 8.40. The van der Waals surface area contributed by atoms with Gasteiger partial charge < -0.3 is 10.1 Å². The zero-order chi connectivity index (χ0) is 28.5. The number of aryl methyl sites for hydroxylation is 2. The van der Waals surface area contributed by atoms with E-state index < -0.39 is 0 Å². The van der Waals surface area contributed by atoms with Gasteiger partial charge in [-0.05, 0) is 48.2 Å². The maximum atomic E-state index is 13.3. The normalized spacial score (nSPS) is 12.1. The molecule has 5 rings (SSSR count). The van der Waals surface area contributed by atoms with E-state index in [1.54, 1.807) is 7.11 Å². The molecule has 40 heavy (non-hydrogen) atoms. The molecule has 1 heterocycles. The van der Waals surface area contributed by atoms with E-state index in [1.165, 1.54) is 0 Å². The Morgan fingerprint density at radius 2 is 1.52 bits per heavy atom. The molecule has 0 atom stereocenters. The molecule has 1 aromatic heterocycles. The van der Waals surface area contributed by atoms with Crippen molar-refractivity contribution < 1.29 is 9.53 Å². The minimum absolute atomic E-state index is 0.0117. The maximum absolute atomic E-state index is 13.3. The number of carbonyl (C=O) groups excluding carboxylic acids is 1. The molecule has 0 spiro atoms. The van der Waals surface area contributed by atoms with Crippen LogP contribution in [0.3, 0.4) is 0 Å². The molecule has 3 aromatic carbocycles. The number of aromatic nitrogens is 2. The molecule has 0 saturated heterocycles. The van der Waals surface area contributed by atoms with Gasteiger partial charge in [-0.15, -0.1) is 0 Å². The van der Waals surface area contributed by atoms with E-state index in [0.717, 1.165) is 45.0 Å². The van der Waals surface area contributed by atoms with Crippen molar-refractivity contribution in [2.45, 2.75) is 40.5 Å². The fourth-order valence-electron chi connectivity index (χ4n) is 4.71. The van der Waals surface area contributed by atoms with Crippen LogP contribution in [-0.4, -0.2) is 23.0 Å². The van der Waals surface area contributed by atoms with Crippen molar-refractivity contribution >= 4 is 23.9 Å². The summed E-state index contributed by atoms with van der Waals surface area (Å²) in [6.45, 7) is 8.10. The van der Waals surface area contributed by atoms with Crippen LogP contribution in [0.2, 0.25) is 0 Å². The van der Waals surface area contributed by atoms with Crippen molar-refractivity contribution in [3.8, 4) is 28.3 Å². The number of nitrogens with zero attached hydrogens (tertiary/aromatic N) is 2. The van der Waals surface area contributed by atoms with Crippen LogP contribution in [0, 0.1) is 12.8 Å². The Balaban J connectivity index is 0.00000181. The highest BCUT2D eigenvalue weighted by atomic mass is 16.5. The molecule has 1 N–H and O–H groups in total. The number of benzene rings is 3. The van der Waals surface area contributed by atoms with Gasteiger partial charge in [0.15, 0.2) is 5.82 Å². The smallest absolute Gasteiger partial charge is 0.226 e. The lowest BCUT2D eigenvalue weighted by molar-refractivity contribution is -0.116. The van der Waals surface area contributed by atoms with E-state index >= 15 is 0 Å². The Morgan fingerprint density at radius 3 is 2.12 bits per heavy atom. The molecule has 0 unspecified atom stereocenters. The van der Waals surface area contributed by atoms with Crippen molar-refractivity contribution in [3.63, 3.8) is 0 Å². The lowest BCUT2D eigenvalue weighted by Crippen LogP contribution is -2.17. The van der Waals surface area contributed by atoms with E-state index in [2.05, 4.69) is 48.7 Å². The number of allylic oxidation sites excluding steroid dienone is 2. The SMILES string of the molecule is CC.CCc1nc(NC(=O)CC2C=Cc3ccccc3C=C2)c(-c2ccccc2)nc1-c1ccc(OC)cc1C. The van der Waals surface area contributed by atoms with Gasteiger partial charge in [0.05, 0.1) is 18.5 Å². The van der Waals surface area contributed by atoms with Gasteiger partial charge in [-0.3, -0.25) is 4.79 Å². The van der Waals surface area contributed by atoms with E-state index in [1.807, 2.05) is 81.4 Å². The Morgan fingerprint density at radius 1 is 0.875 bits per heavy atom. The third kappa shape index (κ3) is 6.55. The number of nitrogens with one attached hydrogen (secondary N) is 1. The molecule has 1 aliphatic rings. The lowest BCUT2D eigenvalue weighted by Gasteiger charge is -2.17. The highest BCUT2D eigenvalue weighted by molar-refractivity contribution is 5.94. The first-order valence-corrected chi connectivity index (χ1v) is 13.9. The standard InChI is InChI=1S/C33H31N3O2.C2H6/c1-4-29-32(28-19-18-27(38-3)20-22(28)2)36-31(26-12-6-5-7-13-26)33(34-29)35-30(37)21-23-14-16-24-10-8-9-11-25(24)17-15-23;1-2/h5-20,23H,4,21H2,1-3H3,(H,34,35,37);1-2H3. The quantitative estimate of drug-likeness (QED) is 0.260. The number of carbonyl (C=O) groups is 1. The fraction of sp³-hybridized carbons (Fsp3) is 0.229. The largest absolute Gasteiger partial charge is 0.497 e. The lowest BCUT2D eigenvalue weighted by atomic mass is 10.0. The molecule has 1 aliphatic carbocycles. The van der Waals surface area contributed by atoms with Gasteiger partial charge in [-0.2, -0.15) is 0 Å². The number of ether oxygens (including phenoxy) is 1. The third-order valence-electron chi connectivity index (χ3n) is 6.76. The van der Waals surface area contributed by atoms with Crippen molar-refractivity contribution in [2.24, 2.45) is 5.92 Å². The third-order valence-corrected chi connectivity index (χ3v) is 6.76. The topological polar surface area (TPSA) is 64.1 Å². The Labute approximate surface area is 237 Å². The van der Waals surface area contributed by atoms with Gasteiger partial charge in [0.25, 0.3) is 0 Å². The average Bonchev–Trinajstić information content (AvgIpc) is 3.20. The molecule has 0 fully saturated rings. The number of anilines is 1. The zero-order valence-corrected chi connectivity index (χ0v) is 23.9. The monoisotopic (exact) mass is 531 g/mol. The average molecular weight is 532 g/mol. The van der Waals surface area contributed by atoms with Crippen molar-refractivity contribution in [3.05, 3.63) is 107 Å². The second kappa shape index (κ2) is 13.5. The van der Waals surface area contributed by atoms with Crippen LogP contribution in [-0.2, 0) is 11.2 Å². The number of fused-ring (bicyclic) bond motifs is 1. The molecule has 0 bridgehead atoms. The molecule has 204 valence electrons. The summed E-state index contributed by atoms with van der Waals surface area (Å²) in [4.78, 5) is 23.3. The molecular weight excluding hydrogens is 494 g/mol. The summed E-state index contributed by atoms with van der Waals surface area (Å²) in [6.07, 6.45) is 9.33. The number of rotatable bonds is 7. The van der Waals surface area contributed by atoms with Crippen LogP contribution in [0.25, 0.3) is 34.7 Å². The Bertz CT molecular complexity index is 1490. The van der Waals surface area contributed by atoms with Crippen LogP contribution in [0.4, 0.5) is 5.82 Å². The first-order chi connectivity index (χ1) is 19.6. The van der Waals surface area contributed by atoms with E-state index in [0.29, 0.717) is 24.4 Å². The predicted molar refractivity (Wildman–Crippen MR) is 166 cm³/mol. The highest BCUT2D eigenvalue weighted by Gasteiger charge is 2.20. The minimum atomic E-state index is -0.0998. The van der Waals surface area contributed by atoms with Gasteiger partial charge in [0.1, 0.15) is 11.4 Å². The van der Waals surface area contributed by atoms with Crippen molar-refractivity contribution in [1.29, 1.82) is 0 Å². The summed E-state index contributed by atoms with van der Waals surface area (Å²) in [5.74, 6) is 1.17. The second-order valence-corrected chi connectivity index (χ2v) is 9.38. The van der Waals surface area contributed by atoms with Gasteiger partial charge in [-0.1, -0.05) is 99.7 Å². The summed E-state index contributed by atoms with van der Waals surface area (Å²) in [7, 11) is 1.66. The van der Waals surface area contributed by atoms with Gasteiger partial charge in [0.2, 0.25) is 5.91 Å². The zero-order valence-electron chi connectivity index (χ0n) is 23.9. The first kappa shape index (κ1) is 28.5. The summed E-state index contributed by atoms with van der Waals surface area (Å²) in [5, 5.41) is 3.08. The second-order valence-electron chi connectivity index (χ2n) is 9.38. The number of hydrogen-bond acceptors (Lipinski definition) is 4. The van der Waals surface area contributed by atoms with E-state index in [4.69, 9.17) is 14.7 Å². The van der Waals surface area contributed by atoms with E-state index in [9.17, 15) is 4.79 Å². The van der Waals surface area contributed by atoms with Crippen molar-refractivity contribution in [1.82, 2.24) is 9.97 Å². The molecule has 5 heteroatoms.